The Hall–Kier alpha value is -0.570. The molecule has 3 nitrogen and oxygen atoms in total. The Morgan fingerprint density at radius 3 is 2.42 bits per heavy atom. The number of hydrogen-bond acceptors (Lipinski definition) is 3. The Morgan fingerprint density at radius 2 is 1.84 bits per heavy atom. The van der Waals surface area contributed by atoms with Gasteiger partial charge in [-0.15, -0.1) is 21.8 Å². The summed E-state index contributed by atoms with van der Waals surface area (Å²) in [5.74, 6) is 3.53. The van der Waals surface area contributed by atoms with E-state index in [9.17, 15) is 0 Å². The second kappa shape index (κ2) is 6.25. The largest absolute Gasteiger partial charge is 0.425 e. The van der Waals surface area contributed by atoms with E-state index in [4.69, 9.17) is 16.0 Å². The molecular weight excluding hydrogens is 260 g/mol. The molecule has 0 atom stereocenters. The lowest BCUT2D eigenvalue weighted by molar-refractivity contribution is 0.161. The second-order valence-electron chi connectivity index (χ2n) is 6.74. The number of hydrogen-bond donors (Lipinski definition) is 0. The van der Waals surface area contributed by atoms with Crippen molar-refractivity contribution in [2.24, 2.45) is 11.3 Å². The lowest BCUT2D eigenvalue weighted by Gasteiger charge is -2.36. The van der Waals surface area contributed by atoms with Gasteiger partial charge in [0.1, 0.15) is 0 Å². The Kier molecular flexibility index (Phi) is 4.88. The van der Waals surface area contributed by atoms with Gasteiger partial charge in [0.25, 0.3) is 0 Å². The lowest BCUT2D eigenvalue weighted by atomic mass is 9.70. The molecule has 0 N–H and O–H groups in total. The van der Waals surface area contributed by atoms with Crippen molar-refractivity contribution >= 4 is 11.6 Å². The predicted molar refractivity (Wildman–Crippen MR) is 77.5 cm³/mol. The molecular formula is C15H25ClN2O. The maximum Gasteiger partial charge on any atom is 0.219 e. The summed E-state index contributed by atoms with van der Waals surface area (Å²) in [6.07, 6.45) is 6.60. The summed E-state index contributed by atoms with van der Waals surface area (Å²) in [7, 11) is 0. The van der Waals surface area contributed by atoms with Crippen molar-refractivity contribution in [1.82, 2.24) is 10.2 Å². The summed E-state index contributed by atoms with van der Waals surface area (Å²) in [5, 5.41) is 8.34. The highest BCUT2D eigenvalue weighted by Gasteiger charge is 2.32. The fourth-order valence-corrected chi connectivity index (χ4v) is 3.09. The van der Waals surface area contributed by atoms with Crippen LogP contribution in [0, 0.1) is 11.3 Å². The van der Waals surface area contributed by atoms with E-state index in [1.807, 2.05) is 0 Å². The summed E-state index contributed by atoms with van der Waals surface area (Å²) in [6.45, 7) is 7.03. The molecule has 19 heavy (non-hydrogen) atoms. The van der Waals surface area contributed by atoms with Gasteiger partial charge < -0.3 is 4.42 Å². The minimum atomic E-state index is 0.422. The maximum absolute atomic E-state index is 5.77. The summed E-state index contributed by atoms with van der Waals surface area (Å²) in [6, 6.07) is 0. The molecule has 108 valence electrons. The third kappa shape index (κ3) is 3.95. The number of aryl methyl sites for hydroxylation is 1. The average Bonchev–Trinajstić information content (AvgIpc) is 2.84. The van der Waals surface area contributed by atoms with Crippen molar-refractivity contribution in [1.29, 1.82) is 0 Å². The molecule has 1 aliphatic carbocycles. The summed E-state index contributed by atoms with van der Waals surface area (Å²) < 4.78 is 5.77. The van der Waals surface area contributed by atoms with Crippen LogP contribution in [-0.2, 0) is 6.42 Å². The molecule has 0 bridgehead atoms. The molecule has 4 heteroatoms. The molecule has 0 spiro atoms. The molecule has 0 aromatic carbocycles. The van der Waals surface area contributed by atoms with Crippen LogP contribution < -0.4 is 0 Å². The number of rotatable bonds is 4. The maximum atomic E-state index is 5.77. The summed E-state index contributed by atoms with van der Waals surface area (Å²) in [4.78, 5) is 0. The van der Waals surface area contributed by atoms with Crippen LogP contribution in [0.5, 0.6) is 0 Å². The Balaban J connectivity index is 1.89. The highest BCUT2D eigenvalue weighted by atomic mass is 35.5. The monoisotopic (exact) mass is 284 g/mol. The van der Waals surface area contributed by atoms with Gasteiger partial charge in [0.2, 0.25) is 11.8 Å². The molecule has 0 radical (unpaired) electrons. The Labute approximate surface area is 121 Å². The van der Waals surface area contributed by atoms with Crippen LogP contribution in [0.1, 0.15) is 70.6 Å². The van der Waals surface area contributed by atoms with Gasteiger partial charge in [-0.05, 0) is 43.4 Å². The summed E-state index contributed by atoms with van der Waals surface area (Å²) >= 11 is 5.68. The van der Waals surface area contributed by atoms with E-state index in [0.29, 0.717) is 17.2 Å². The molecule has 1 aromatic heterocycles. The minimum absolute atomic E-state index is 0.422. The topological polar surface area (TPSA) is 38.9 Å². The van der Waals surface area contributed by atoms with Crippen molar-refractivity contribution in [2.75, 3.05) is 5.88 Å². The first kappa shape index (κ1) is 14.8. The van der Waals surface area contributed by atoms with Crippen molar-refractivity contribution < 1.29 is 4.42 Å². The van der Waals surface area contributed by atoms with E-state index < -0.39 is 0 Å². The van der Waals surface area contributed by atoms with Crippen LogP contribution in [0.4, 0.5) is 0 Å². The third-order valence-electron chi connectivity index (χ3n) is 4.31. The lowest BCUT2D eigenvalue weighted by Crippen LogP contribution is -2.25. The van der Waals surface area contributed by atoms with Crippen molar-refractivity contribution in [3.63, 3.8) is 0 Å². The zero-order chi connectivity index (χ0) is 13.9. The first-order valence-corrected chi connectivity index (χ1v) is 7.92. The van der Waals surface area contributed by atoms with Crippen LogP contribution in [0.3, 0.4) is 0 Å². The molecule has 1 heterocycles. The van der Waals surface area contributed by atoms with Gasteiger partial charge in [0.05, 0.1) is 0 Å². The second-order valence-corrected chi connectivity index (χ2v) is 7.12. The summed E-state index contributed by atoms with van der Waals surface area (Å²) in [5.41, 5.74) is 0.422. The van der Waals surface area contributed by atoms with Gasteiger partial charge in [-0.3, -0.25) is 0 Å². The van der Waals surface area contributed by atoms with Crippen LogP contribution in [-0.4, -0.2) is 16.1 Å². The number of alkyl halides is 1. The van der Waals surface area contributed by atoms with Crippen LogP contribution in [0.2, 0.25) is 0 Å². The van der Waals surface area contributed by atoms with E-state index >= 15 is 0 Å². The zero-order valence-electron chi connectivity index (χ0n) is 12.3. The molecule has 0 aliphatic heterocycles. The molecule has 0 amide bonds. The van der Waals surface area contributed by atoms with Gasteiger partial charge in [-0.25, -0.2) is 0 Å². The van der Waals surface area contributed by atoms with Crippen LogP contribution in [0.25, 0.3) is 0 Å². The van der Waals surface area contributed by atoms with E-state index in [2.05, 4.69) is 31.0 Å². The molecule has 0 unspecified atom stereocenters. The highest BCUT2D eigenvalue weighted by Crippen LogP contribution is 2.42. The Bertz CT molecular complexity index is 389. The molecule has 1 saturated carbocycles. The first-order valence-electron chi connectivity index (χ1n) is 7.39. The normalized spacial score (nSPS) is 24.6. The quantitative estimate of drug-likeness (QED) is 0.761. The number of nitrogens with zero attached hydrogens (tertiary/aromatic N) is 2. The smallest absolute Gasteiger partial charge is 0.219 e. The van der Waals surface area contributed by atoms with Gasteiger partial charge >= 0.3 is 0 Å². The fourth-order valence-electron chi connectivity index (χ4n) is 2.96. The molecule has 0 saturated heterocycles. The van der Waals surface area contributed by atoms with E-state index in [-0.39, 0.29) is 0 Å². The van der Waals surface area contributed by atoms with Crippen molar-refractivity contribution in [2.45, 2.75) is 65.2 Å². The minimum Gasteiger partial charge on any atom is -0.425 e. The van der Waals surface area contributed by atoms with Crippen molar-refractivity contribution in [3.05, 3.63) is 11.8 Å². The van der Waals surface area contributed by atoms with Crippen molar-refractivity contribution in [3.8, 4) is 0 Å². The molecule has 1 fully saturated rings. The van der Waals surface area contributed by atoms with Crippen LogP contribution >= 0.6 is 11.6 Å². The Morgan fingerprint density at radius 1 is 1.16 bits per heavy atom. The molecule has 2 rings (SSSR count). The molecule has 1 aromatic rings. The SMILES string of the molecule is CC(C)(C)C1CCC(c2nnc(CCCCl)o2)CC1. The van der Waals surface area contributed by atoms with E-state index in [0.717, 1.165) is 30.5 Å². The first-order chi connectivity index (χ1) is 9.00. The third-order valence-corrected chi connectivity index (χ3v) is 4.58. The zero-order valence-corrected chi connectivity index (χ0v) is 13.0. The van der Waals surface area contributed by atoms with E-state index in [1.165, 1.54) is 25.7 Å². The van der Waals surface area contributed by atoms with Gasteiger partial charge in [0.15, 0.2) is 0 Å². The predicted octanol–water partition coefficient (Wildman–Crippen LogP) is 4.56. The van der Waals surface area contributed by atoms with Gasteiger partial charge in [-0.1, -0.05) is 20.8 Å². The van der Waals surface area contributed by atoms with Crippen LogP contribution in [0.15, 0.2) is 4.42 Å². The highest BCUT2D eigenvalue weighted by molar-refractivity contribution is 6.17. The average molecular weight is 285 g/mol. The fraction of sp³-hybridized carbons (Fsp3) is 0.867. The molecule has 1 aliphatic rings. The van der Waals surface area contributed by atoms with Gasteiger partial charge in [-0.2, -0.15) is 0 Å². The number of halogens is 1. The number of aromatic nitrogens is 2. The van der Waals surface area contributed by atoms with Gasteiger partial charge in [0, 0.05) is 18.2 Å². The van der Waals surface area contributed by atoms with E-state index in [1.54, 1.807) is 0 Å². The standard InChI is InChI=1S/C15H25ClN2O/c1-15(2,3)12-8-6-11(7-9-12)14-18-17-13(19-14)5-4-10-16/h11-12H,4-10H2,1-3H3.